The molecule has 2 rings (SSSR count). The second-order valence-electron chi connectivity index (χ2n) is 5.10. The molecule has 1 aliphatic rings. The fraction of sp³-hybridized carbons (Fsp3) is 0.769. The predicted octanol–water partition coefficient (Wildman–Crippen LogP) is 2.12. The Balaban J connectivity index is 1.84. The summed E-state index contributed by atoms with van der Waals surface area (Å²) in [4.78, 5) is 0. The van der Waals surface area contributed by atoms with Crippen LogP contribution < -0.4 is 5.73 Å². The van der Waals surface area contributed by atoms with Crippen LogP contribution in [-0.2, 0) is 13.5 Å². The first-order chi connectivity index (χ1) is 7.79. The normalized spacial score (nSPS) is 25.9. The maximum atomic E-state index is 5.85. The van der Waals surface area contributed by atoms with Gasteiger partial charge in [-0.1, -0.05) is 19.3 Å². The van der Waals surface area contributed by atoms with E-state index >= 15 is 0 Å². The SMILES string of the molecule is Cn1cc(CCC2CCCCC2CN)cn1. The Kier molecular flexibility index (Phi) is 3.99. The summed E-state index contributed by atoms with van der Waals surface area (Å²) in [6.07, 6.45) is 12.1. The number of hydrogen-bond donors (Lipinski definition) is 1. The third-order valence-electron chi connectivity index (χ3n) is 3.93. The Morgan fingerprint density at radius 2 is 2.12 bits per heavy atom. The lowest BCUT2D eigenvalue weighted by Crippen LogP contribution is -2.27. The highest BCUT2D eigenvalue weighted by Gasteiger charge is 2.23. The van der Waals surface area contributed by atoms with Gasteiger partial charge in [0.05, 0.1) is 6.20 Å². The van der Waals surface area contributed by atoms with Gasteiger partial charge in [0, 0.05) is 13.2 Å². The van der Waals surface area contributed by atoms with Crippen LogP contribution in [0.4, 0.5) is 0 Å². The fourth-order valence-electron chi connectivity index (χ4n) is 2.93. The highest BCUT2D eigenvalue weighted by molar-refractivity contribution is 5.03. The predicted molar refractivity (Wildman–Crippen MR) is 66.0 cm³/mol. The summed E-state index contributed by atoms with van der Waals surface area (Å²) in [6, 6.07) is 0. The minimum Gasteiger partial charge on any atom is -0.330 e. The van der Waals surface area contributed by atoms with Crippen LogP contribution in [-0.4, -0.2) is 16.3 Å². The minimum atomic E-state index is 0.769. The largest absolute Gasteiger partial charge is 0.330 e. The summed E-state index contributed by atoms with van der Waals surface area (Å²) in [5, 5.41) is 4.21. The molecule has 3 nitrogen and oxygen atoms in total. The van der Waals surface area contributed by atoms with Crippen molar-refractivity contribution in [3.63, 3.8) is 0 Å². The molecule has 0 aromatic carbocycles. The van der Waals surface area contributed by atoms with Crippen molar-refractivity contribution in [1.29, 1.82) is 0 Å². The molecule has 1 fully saturated rings. The number of rotatable bonds is 4. The van der Waals surface area contributed by atoms with E-state index in [4.69, 9.17) is 5.73 Å². The summed E-state index contributed by atoms with van der Waals surface area (Å²) < 4.78 is 1.89. The van der Waals surface area contributed by atoms with Gasteiger partial charge in [-0.05, 0) is 43.2 Å². The molecule has 1 heterocycles. The molecule has 90 valence electrons. The van der Waals surface area contributed by atoms with Crippen molar-refractivity contribution in [2.75, 3.05) is 6.54 Å². The average Bonchev–Trinajstić information content (AvgIpc) is 2.73. The molecule has 2 atom stereocenters. The van der Waals surface area contributed by atoms with Gasteiger partial charge in [0.15, 0.2) is 0 Å². The van der Waals surface area contributed by atoms with Gasteiger partial charge in [0.25, 0.3) is 0 Å². The molecule has 1 saturated carbocycles. The summed E-state index contributed by atoms with van der Waals surface area (Å²) in [5.41, 5.74) is 7.21. The zero-order chi connectivity index (χ0) is 11.4. The third-order valence-corrected chi connectivity index (χ3v) is 3.93. The molecule has 3 heteroatoms. The third kappa shape index (κ3) is 2.85. The molecule has 16 heavy (non-hydrogen) atoms. The highest BCUT2D eigenvalue weighted by atomic mass is 15.2. The second-order valence-corrected chi connectivity index (χ2v) is 5.10. The van der Waals surface area contributed by atoms with E-state index in [1.54, 1.807) is 0 Å². The van der Waals surface area contributed by atoms with Gasteiger partial charge in [-0.2, -0.15) is 5.10 Å². The molecular formula is C13H23N3. The Morgan fingerprint density at radius 1 is 1.38 bits per heavy atom. The van der Waals surface area contributed by atoms with E-state index in [-0.39, 0.29) is 0 Å². The number of aromatic nitrogens is 2. The van der Waals surface area contributed by atoms with Crippen LogP contribution in [0, 0.1) is 11.8 Å². The maximum absolute atomic E-state index is 5.85. The molecule has 1 aromatic rings. The van der Waals surface area contributed by atoms with E-state index in [0.717, 1.165) is 24.8 Å². The maximum Gasteiger partial charge on any atom is 0.0521 e. The second kappa shape index (κ2) is 5.48. The first kappa shape index (κ1) is 11.6. The highest BCUT2D eigenvalue weighted by Crippen LogP contribution is 2.32. The summed E-state index contributed by atoms with van der Waals surface area (Å²) >= 11 is 0. The zero-order valence-electron chi connectivity index (χ0n) is 10.2. The lowest BCUT2D eigenvalue weighted by Gasteiger charge is -2.30. The molecule has 2 N–H and O–H groups in total. The first-order valence-corrected chi connectivity index (χ1v) is 6.47. The van der Waals surface area contributed by atoms with Gasteiger partial charge in [0.2, 0.25) is 0 Å². The van der Waals surface area contributed by atoms with Crippen molar-refractivity contribution < 1.29 is 0 Å². The Labute approximate surface area is 98.0 Å². The molecule has 0 spiro atoms. The van der Waals surface area contributed by atoms with E-state index in [9.17, 15) is 0 Å². The van der Waals surface area contributed by atoms with E-state index in [1.165, 1.54) is 37.7 Å². The fourth-order valence-corrected chi connectivity index (χ4v) is 2.93. The number of aryl methyl sites for hydroxylation is 2. The van der Waals surface area contributed by atoms with Crippen LogP contribution in [0.25, 0.3) is 0 Å². The van der Waals surface area contributed by atoms with Crippen LogP contribution in [0.2, 0.25) is 0 Å². The smallest absolute Gasteiger partial charge is 0.0521 e. The lowest BCUT2D eigenvalue weighted by atomic mass is 9.76. The Hall–Kier alpha value is -0.830. The van der Waals surface area contributed by atoms with Crippen LogP contribution in [0.1, 0.15) is 37.7 Å². The van der Waals surface area contributed by atoms with Gasteiger partial charge in [0.1, 0.15) is 0 Å². The Bertz CT molecular complexity index is 319. The van der Waals surface area contributed by atoms with Crippen molar-refractivity contribution in [2.24, 2.45) is 24.6 Å². The van der Waals surface area contributed by atoms with Crippen molar-refractivity contribution >= 4 is 0 Å². The van der Waals surface area contributed by atoms with Gasteiger partial charge in [-0.3, -0.25) is 4.68 Å². The molecule has 0 radical (unpaired) electrons. The molecule has 0 aliphatic heterocycles. The van der Waals surface area contributed by atoms with Crippen molar-refractivity contribution in [2.45, 2.75) is 38.5 Å². The van der Waals surface area contributed by atoms with E-state index in [1.807, 2.05) is 17.9 Å². The van der Waals surface area contributed by atoms with E-state index in [0.29, 0.717) is 0 Å². The summed E-state index contributed by atoms with van der Waals surface area (Å²) in [7, 11) is 1.98. The first-order valence-electron chi connectivity index (χ1n) is 6.47. The number of nitrogens with two attached hydrogens (primary N) is 1. The average molecular weight is 221 g/mol. The molecule has 1 aliphatic carbocycles. The van der Waals surface area contributed by atoms with Gasteiger partial charge < -0.3 is 5.73 Å². The lowest BCUT2D eigenvalue weighted by molar-refractivity contribution is 0.230. The monoisotopic (exact) mass is 221 g/mol. The topological polar surface area (TPSA) is 43.8 Å². The van der Waals surface area contributed by atoms with Gasteiger partial charge in [-0.25, -0.2) is 0 Å². The van der Waals surface area contributed by atoms with Crippen LogP contribution in [0.3, 0.4) is 0 Å². The van der Waals surface area contributed by atoms with Crippen molar-refractivity contribution in [1.82, 2.24) is 9.78 Å². The summed E-state index contributed by atoms with van der Waals surface area (Å²) in [6.45, 7) is 0.873. The molecular weight excluding hydrogens is 198 g/mol. The van der Waals surface area contributed by atoms with Crippen LogP contribution in [0.15, 0.2) is 12.4 Å². The van der Waals surface area contributed by atoms with E-state index in [2.05, 4.69) is 11.3 Å². The van der Waals surface area contributed by atoms with Crippen molar-refractivity contribution in [3.8, 4) is 0 Å². The van der Waals surface area contributed by atoms with Crippen molar-refractivity contribution in [3.05, 3.63) is 18.0 Å². The van der Waals surface area contributed by atoms with Gasteiger partial charge in [-0.15, -0.1) is 0 Å². The molecule has 0 amide bonds. The minimum absolute atomic E-state index is 0.769. The Morgan fingerprint density at radius 3 is 2.75 bits per heavy atom. The molecule has 1 aromatic heterocycles. The molecule has 2 unspecified atom stereocenters. The number of nitrogens with zero attached hydrogens (tertiary/aromatic N) is 2. The molecule has 0 saturated heterocycles. The van der Waals surface area contributed by atoms with Gasteiger partial charge >= 0.3 is 0 Å². The number of hydrogen-bond acceptors (Lipinski definition) is 2. The van der Waals surface area contributed by atoms with Crippen LogP contribution in [0.5, 0.6) is 0 Å². The van der Waals surface area contributed by atoms with Crippen LogP contribution >= 0.6 is 0 Å². The summed E-state index contributed by atoms with van der Waals surface area (Å²) in [5.74, 6) is 1.62. The zero-order valence-corrected chi connectivity index (χ0v) is 10.2. The molecule has 0 bridgehead atoms. The van der Waals surface area contributed by atoms with E-state index < -0.39 is 0 Å². The standard InChI is InChI=1S/C13H23N3/c1-16-10-11(9-15-16)6-7-12-4-2-3-5-13(12)8-14/h9-10,12-13H,2-8,14H2,1H3. The quantitative estimate of drug-likeness (QED) is 0.846.